The lowest BCUT2D eigenvalue weighted by Crippen LogP contribution is -2.48. The number of nitrogens with one attached hydrogen (secondary N) is 1. The summed E-state index contributed by atoms with van der Waals surface area (Å²) in [6.45, 7) is 8.69. The molecule has 0 aromatic heterocycles. The average Bonchev–Trinajstić information content (AvgIpc) is 2.63. The second kappa shape index (κ2) is 12.7. The van der Waals surface area contributed by atoms with Crippen molar-refractivity contribution in [2.75, 3.05) is 20.3 Å². The summed E-state index contributed by atoms with van der Waals surface area (Å²) in [5.74, 6) is -2.55. The summed E-state index contributed by atoms with van der Waals surface area (Å²) in [4.78, 5) is 35.7. The number of carbonyl (C=O) groups excluding carboxylic acids is 3. The molecule has 0 aliphatic carbocycles. The third-order valence-electron chi connectivity index (χ3n) is 4.04. The summed E-state index contributed by atoms with van der Waals surface area (Å²) < 4.78 is 9.70. The largest absolute Gasteiger partial charge is 0.465 e. The molecule has 0 aliphatic heterocycles. The number of carbonyl (C=O) groups is 3. The van der Waals surface area contributed by atoms with Crippen molar-refractivity contribution in [3.63, 3.8) is 0 Å². The molecule has 5 atom stereocenters. The zero-order chi connectivity index (χ0) is 22.8. The van der Waals surface area contributed by atoms with Crippen LogP contribution >= 0.6 is 0 Å². The first kappa shape index (κ1) is 27.2. The summed E-state index contributed by atoms with van der Waals surface area (Å²) in [5, 5.41) is 32.8. The van der Waals surface area contributed by atoms with Gasteiger partial charge in [-0.2, -0.15) is 0 Å². The fourth-order valence-electron chi connectivity index (χ4n) is 2.40. The second-order valence-corrected chi connectivity index (χ2v) is 7.95. The standard InChI is InChI=1S/C20H35NO8/c1-7-29-15(24)11-21-19(27)12(2)10-14(23)18(28-6)17(26)16(25)13(22)8-9-20(3,4)5/h8-9,12-13,16-18,22,25-26H,7,10-11H2,1-6H3,(H,21,27)/b9-8+/t12-,13-,16+,17-,18+/m1/s1. The summed E-state index contributed by atoms with van der Waals surface area (Å²) in [6.07, 6.45) is -3.45. The number of hydrogen-bond acceptors (Lipinski definition) is 8. The van der Waals surface area contributed by atoms with Crippen molar-refractivity contribution in [2.45, 2.75) is 65.5 Å². The van der Waals surface area contributed by atoms with E-state index in [-0.39, 0.29) is 25.0 Å². The van der Waals surface area contributed by atoms with E-state index in [9.17, 15) is 29.7 Å². The first-order chi connectivity index (χ1) is 13.3. The third-order valence-corrected chi connectivity index (χ3v) is 4.04. The minimum absolute atomic E-state index is 0.190. The van der Waals surface area contributed by atoms with Crippen molar-refractivity contribution >= 4 is 17.7 Å². The number of amides is 1. The number of rotatable bonds is 12. The number of allylic oxidation sites excluding steroid dienone is 1. The predicted octanol–water partition coefficient (Wildman–Crippen LogP) is -0.0390. The number of esters is 1. The fraction of sp³-hybridized carbons (Fsp3) is 0.750. The zero-order valence-electron chi connectivity index (χ0n) is 18.0. The van der Waals surface area contributed by atoms with Crippen LogP contribution in [0.4, 0.5) is 0 Å². The van der Waals surface area contributed by atoms with Crippen LogP contribution in [0.1, 0.15) is 41.0 Å². The van der Waals surface area contributed by atoms with Crippen molar-refractivity contribution in [2.24, 2.45) is 11.3 Å². The maximum absolute atomic E-state index is 12.4. The van der Waals surface area contributed by atoms with Gasteiger partial charge in [-0.3, -0.25) is 14.4 Å². The molecule has 0 radical (unpaired) electrons. The molecule has 29 heavy (non-hydrogen) atoms. The van der Waals surface area contributed by atoms with Gasteiger partial charge in [-0.25, -0.2) is 0 Å². The monoisotopic (exact) mass is 417 g/mol. The van der Waals surface area contributed by atoms with Crippen LogP contribution in [0.2, 0.25) is 0 Å². The number of ketones is 1. The second-order valence-electron chi connectivity index (χ2n) is 7.95. The summed E-state index contributed by atoms with van der Waals surface area (Å²) in [7, 11) is 1.18. The van der Waals surface area contributed by atoms with E-state index in [4.69, 9.17) is 9.47 Å². The van der Waals surface area contributed by atoms with Crippen LogP contribution in [0.15, 0.2) is 12.2 Å². The molecule has 0 rings (SSSR count). The van der Waals surface area contributed by atoms with Crippen molar-refractivity contribution in [3.8, 4) is 0 Å². The molecule has 0 bridgehead atoms. The van der Waals surface area contributed by atoms with Crippen LogP contribution < -0.4 is 5.32 Å². The molecule has 9 nitrogen and oxygen atoms in total. The molecule has 4 N–H and O–H groups in total. The maximum atomic E-state index is 12.4. The molecule has 0 heterocycles. The van der Waals surface area contributed by atoms with Crippen molar-refractivity contribution in [3.05, 3.63) is 12.2 Å². The Kier molecular flexibility index (Phi) is 11.9. The predicted molar refractivity (Wildman–Crippen MR) is 106 cm³/mol. The highest BCUT2D eigenvalue weighted by atomic mass is 16.5. The van der Waals surface area contributed by atoms with Gasteiger partial charge in [-0.05, 0) is 12.3 Å². The molecular weight excluding hydrogens is 382 g/mol. The summed E-state index contributed by atoms with van der Waals surface area (Å²) >= 11 is 0. The SMILES string of the molecule is CCOC(=O)CNC(=O)[C@H](C)CC(=O)[C@H](OC)[C@H](O)[C@@H](O)[C@H](O)/C=C/C(C)(C)C. The van der Waals surface area contributed by atoms with E-state index >= 15 is 0 Å². The molecule has 0 aliphatic rings. The first-order valence-electron chi connectivity index (χ1n) is 9.56. The highest BCUT2D eigenvalue weighted by Gasteiger charge is 2.36. The van der Waals surface area contributed by atoms with Crippen LogP contribution in [0.3, 0.4) is 0 Å². The van der Waals surface area contributed by atoms with Gasteiger partial charge in [0.2, 0.25) is 5.91 Å². The Morgan fingerprint density at radius 2 is 1.69 bits per heavy atom. The van der Waals surface area contributed by atoms with Gasteiger partial charge in [0, 0.05) is 19.4 Å². The highest BCUT2D eigenvalue weighted by molar-refractivity contribution is 5.90. The number of aliphatic hydroxyl groups excluding tert-OH is 3. The van der Waals surface area contributed by atoms with Crippen LogP contribution in [-0.4, -0.2) is 77.7 Å². The Labute approximate surface area is 172 Å². The Balaban J connectivity index is 4.86. The van der Waals surface area contributed by atoms with E-state index in [1.807, 2.05) is 20.8 Å². The van der Waals surface area contributed by atoms with Crippen LogP contribution in [-0.2, 0) is 23.9 Å². The Hall–Kier alpha value is -1.81. The lowest BCUT2D eigenvalue weighted by molar-refractivity contribution is -0.149. The number of hydrogen-bond donors (Lipinski definition) is 4. The quantitative estimate of drug-likeness (QED) is 0.256. The van der Waals surface area contributed by atoms with Gasteiger partial charge in [0.05, 0.1) is 6.61 Å². The molecule has 0 unspecified atom stereocenters. The minimum atomic E-state index is -1.69. The van der Waals surface area contributed by atoms with Crippen LogP contribution in [0.25, 0.3) is 0 Å². The van der Waals surface area contributed by atoms with Gasteiger partial charge in [0.15, 0.2) is 5.78 Å². The van der Waals surface area contributed by atoms with Crippen molar-refractivity contribution in [1.29, 1.82) is 0 Å². The van der Waals surface area contributed by atoms with E-state index < -0.39 is 48.0 Å². The first-order valence-corrected chi connectivity index (χ1v) is 9.56. The molecular formula is C20H35NO8. The molecule has 0 spiro atoms. The Bertz CT molecular complexity index is 569. The van der Waals surface area contributed by atoms with Gasteiger partial charge >= 0.3 is 5.97 Å². The Morgan fingerprint density at radius 1 is 1.10 bits per heavy atom. The maximum Gasteiger partial charge on any atom is 0.325 e. The van der Waals surface area contributed by atoms with Gasteiger partial charge in [-0.15, -0.1) is 0 Å². The van der Waals surface area contributed by atoms with E-state index in [0.29, 0.717) is 0 Å². The van der Waals surface area contributed by atoms with Gasteiger partial charge < -0.3 is 30.1 Å². The molecule has 168 valence electrons. The number of ether oxygens (including phenoxy) is 2. The van der Waals surface area contributed by atoms with Gasteiger partial charge in [-0.1, -0.05) is 39.8 Å². The third kappa shape index (κ3) is 10.5. The smallest absolute Gasteiger partial charge is 0.325 e. The van der Waals surface area contributed by atoms with Crippen LogP contribution in [0.5, 0.6) is 0 Å². The number of aliphatic hydroxyl groups is 3. The van der Waals surface area contributed by atoms with Crippen molar-refractivity contribution < 1.29 is 39.2 Å². The summed E-state index contributed by atoms with van der Waals surface area (Å²) in [6, 6.07) is 0. The molecule has 0 aromatic carbocycles. The normalized spacial score (nSPS) is 17.3. The topological polar surface area (TPSA) is 142 Å². The molecule has 9 heteroatoms. The molecule has 0 saturated heterocycles. The minimum Gasteiger partial charge on any atom is -0.465 e. The number of Topliss-reactive ketones (excluding diaryl/α,β-unsaturated/α-hetero) is 1. The highest BCUT2D eigenvalue weighted by Crippen LogP contribution is 2.18. The number of methoxy groups -OCH3 is 1. The van der Waals surface area contributed by atoms with Gasteiger partial charge in [0.1, 0.15) is 31.0 Å². The van der Waals surface area contributed by atoms with E-state index in [1.54, 1.807) is 13.0 Å². The molecule has 1 amide bonds. The van der Waals surface area contributed by atoms with E-state index in [1.165, 1.54) is 20.1 Å². The van der Waals surface area contributed by atoms with E-state index in [0.717, 1.165) is 0 Å². The Morgan fingerprint density at radius 3 is 2.17 bits per heavy atom. The van der Waals surface area contributed by atoms with Gasteiger partial charge in [0.25, 0.3) is 0 Å². The molecule has 0 aromatic rings. The molecule has 0 saturated carbocycles. The van der Waals surface area contributed by atoms with Crippen molar-refractivity contribution in [1.82, 2.24) is 5.32 Å². The average molecular weight is 417 g/mol. The zero-order valence-corrected chi connectivity index (χ0v) is 18.0. The summed E-state index contributed by atoms with van der Waals surface area (Å²) in [5.41, 5.74) is -0.242. The lowest BCUT2D eigenvalue weighted by Gasteiger charge is -2.27. The molecule has 0 fully saturated rings. The van der Waals surface area contributed by atoms with E-state index in [2.05, 4.69) is 5.32 Å². The fourth-order valence-corrected chi connectivity index (χ4v) is 2.40. The van der Waals surface area contributed by atoms with Crippen LogP contribution in [0, 0.1) is 11.3 Å². The lowest BCUT2D eigenvalue weighted by atomic mass is 9.92.